The molecule has 3 aliphatic heterocycles. The molecule has 0 N–H and O–H groups in total. The van der Waals surface area contributed by atoms with Gasteiger partial charge in [-0.3, -0.25) is 9.88 Å². The predicted molar refractivity (Wildman–Crippen MR) is 159 cm³/mol. The summed E-state index contributed by atoms with van der Waals surface area (Å²) in [4.78, 5) is 22.6. The van der Waals surface area contributed by atoms with Crippen LogP contribution < -0.4 is 4.74 Å². The number of carbonyl (C=O) groups excluding carboxylic acids is 1. The van der Waals surface area contributed by atoms with E-state index in [-0.39, 0.29) is 0 Å². The lowest BCUT2D eigenvalue weighted by Crippen LogP contribution is -2.39. The van der Waals surface area contributed by atoms with Gasteiger partial charge in [0.25, 0.3) is 0 Å². The van der Waals surface area contributed by atoms with Gasteiger partial charge in [0.15, 0.2) is 0 Å². The first-order valence-electron chi connectivity index (χ1n) is 15.1. The van der Waals surface area contributed by atoms with Crippen molar-refractivity contribution in [3.05, 3.63) is 71.2 Å². The molecule has 6 heteroatoms. The number of likely N-dealkylation sites (tertiary alicyclic amines) is 2. The van der Waals surface area contributed by atoms with Crippen LogP contribution in [0.4, 0.5) is 0 Å². The van der Waals surface area contributed by atoms with Crippen molar-refractivity contribution in [1.82, 2.24) is 19.7 Å². The number of allylic oxidation sites excluding steroid dienone is 2. The zero-order valence-electron chi connectivity index (χ0n) is 24.4. The third kappa shape index (κ3) is 8.39. The number of carbonyl (C=O) groups is 1. The third-order valence-electron chi connectivity index (χ3n) is 8.23. The SMILES string of the molecule is CC/C=C1/CCCN1CC1CC(c2ccc3c(c2)CCO3)CN1CC=O.CCCCN(C)Cc1cccnc1. The van der Waals surface area contributed by atoms with E-state index in [4.69, 9.17) is 4.74 Å². The second-order valence-electron chi connectivity index (χ2n) is 11.3. The van der Waals surface area contributed by atoms with Crippen LogP contribution in [-0.4, -0.2) is 78.4 Å². The van der Waals surface area contributed by atoms with Crippen LogP contribution in [0.25, 0.3) is 0 Å². The molecule has 2 saturated heterocycles. The maximum Gasteiger partial charge on any atom is 0.133 e. The van der Waals surface area contributed by atoms with Gasteiger partial charge in [-0.2, -0.15) is 0 Å². The van der Waals surface area contributed by atoms with Crippen LogP contribution in [0, 0.1) is 0 Å². The Bertz CT molecular complexity index is 1060. The maximum absolute atomic E-state index is 11.2. The van der Waals surface area contributed by atoms with E-state index < -0.39 is 0 Å². The van der Waals surface area contributed by atoms with Gasteiger partial charge in [0.2, 0.25) is 0 Å². The monoisotopic (exact) mass is 532 g/mol. The lowest BCUT2D eigenvalue weighted by molar-refractivity contribution is -0.109. The van der Waals surface area contributed by atoms with Crippen LogP contribution in [0.15, 0.2) is 54.5 Å². The molecule has 0 radical (unpaired) electrons. The van der Waals surface area contributed by atoms with Gasteiger partial charge >= 0.3 is 0 Å². The summed E-state index contributed by atoms with van der Waals surface area (Å²) in [6.07, 6.45) is 15.5. The standard InChI is InChI=1S/C22H30N2O2.C11H18N2/c1-2-4-20-5-3-9-23(20)16-21-14-19(15-24(21)10-11-25)17-6-7-22-18(13-17)8-12-26-22;1-3-4-8-13(2)10-11-6-5-7-12-9-11/h4,6-7,11,13,19,21H,2-3,5,8-10,12,14-16H2,1H3;5-7,9H,3-4,8,10H2,1-2H3/b20-4-;. The number of aromatic nitrogens is 1. The third-order valence-corrected chi connectivity index (χ3v) is 8.23. The zero-order chi connectivity index (χ0) is 27.5. The molecule has 4 heterocycles. The lowest BCUT2D eigenvalue weighted by Gasteiger charge is -2.29. The van der Waals surface area contributed by atoms with Gasteiger partial charge in [0.05, 0.1) is 13.2 Å². The molecule has 0 spiro atoms. The van der Waals surface area contributed by atoms with Crippen LogP contribution in [-0.2, 0) is 17.8 Å². The number of ether oxygens (including phenoxy) is 1. The molecule has 0 amide bonds. The molecule has 5 rings (SSSR count). The average molecular weight is 533 g/mol. The van der Waals surface area contributed by atoms with Gasteiger partial charge in [-0.1, -0.05) is 44.5 Å². The number of unbranched alkanes of at least 4 members (excludes halogenated alkanes) is 1. The molecule has 2 unspecified atom stereocenters. The number of benzene rings is 1. The molecule has 39 heavy (non-hydrogen) atoms. The van der Waals surface area contributed by atoms with E-state index in [9.17, 15) is 4.79 Å². The minimum atomic E-state index is 0.466. The Morgan fingerprint density at radius 2 is 2.10 bits per heavy atom. The fourth-order valence-corrected chi connectivity index (χ4v) is 6.19. The fourth-order valence-electron chi connectivity index (χ4n) is 6.19. The Hall–Kier alpha value is -2.70. The second-order valence-corrected chi connectivity index (χ2v) is 11.3. The van der Waals surface area contributed by atoms with Crippen molar-refractivity contribution in [2.24, 2.45) is 0 Å². The summed E-state index contributed by atoms with van der Waals surface area (Å²) >= 11 is 0. The largest absolute Gasteiger partial charge is 0.493 e. The summed E-state index contributed by atoms with van der Waals surface area (Å²) in [6.45, 7) is 11.2. The Balaban J connectivity index is 0.000000229. The van der Waals surface area contributed by atoms with Gasteiger partial charge < -0.3 is 19.3 Å². The van der Waals surface area contributed by atoms with E-state index >= 15 is 0 Å². The van der Waals surface area contributed by atoms with E-state index in [1.165, 1.54) is 54.6 Å². The highest BCUT2D eigenvalue weighted by atomic mass is 16.5. The molecule has 0 bridgehead atoms. The molecule has 2 aromatic rings. The number of rotatable bonds is 11. The highest BCUT2D eigenvalue weighted by Gasteiger charge is 2.35. The average Bonchev–Trinajstić information content (AvgIpc) is 3.69. The smallest absolute Gasteiger partial charge is 0.133 e. The molecule has 0 saturated carbocycles. The fraction of sp³-hybridized carbons (Fsp3) is 0.576. The summed E-state index contributed by atoms with van der Waals surface area (Å²) < 4.78 is 5.65. The zero-order valence-corrected chi connectivity index (χ0v) is 24.4. The Morgan fingerprint density at radius 3 is 2.87 bits per heavy atom. The second kappa shape index (κ2) is 15.2. The van der Waals surface area contributed by atoms with E-state index in [1.54, 1.807) is 0 Å². The molecule has 6 nitrogen and oxygen atoms in total. The number of hydrogen-bond acceptors (Lipinski definition) is 6. The van der Waals surface area contributed by atoms with Crippen LogP contribution >= 0.6 is 0 Å². The highest BCUT2D eigenvalue weighted by molar-refractivity contribution is 5.52. The van der Waals surface area contributed by atoms with Crippen molar-refractivity contribution in [1.29, 1.82) is 0 Å². The van der Waals surface area contributed by atoms with Crippen LogP contribution in [0.2, 0.25) is 0 Å². The minimum Gasteiger partial charge on any atom is -0.493 e. The van der Waals surface area contributed by atoms with Crippen LogP contribution in [0.5, 0.6) is 5.75 Å². The summed E-state index contributed by atoms with van der Waals surface area (Å²) in [5.74, 6) is 1.58. The number of aldehydes is 1. The number of hydrogen-bond donors (Lipinski definition) is 0. The molecule has 1 aromatic heterocycles. The predicted octanol–water partition coefficient (Wildman–Crippen LogP) is 5.68. The van der Waals surface area contributed by atoms with Crippen molar-refractivity contribution < 1.29 is 9.53 Å². The number of fused-ring (bicyclic) bond motifs is 1. The molecule has 0 aliphatic carbocycles. The Morgan fingerprint density at radius 1 is 1.21 bits per heavy atom. The van der Waals surface area contributed by atoms with Crippen molar-refractivity contribution in [3.8, 4) is 5.75 Å². The van der Waals surface area contributed by atoms with Crippen molar-refractivity contribution in [2.45, 2.75) is 77.3 Å². The Labute approximate surface area is 236 Å². The molecule has 1 aromatic carbocycles. The van der Waals surface area contributed by atoms with E-state index in [0.717, 1.165) is 64.1 Å². The van der Waals surface area contributed by atoms with Gasteiger partial charge in [0.1, 0.15) is 12.0 Å². The van der Waals surface area contributed by atoms with E-state index in [0.29, 0.717) is 18.5 Å². The topological polar surface area (TPSA) is 48.9 Å². The summed E-state index contributed by atoms with van der Waals surface area (Å²) in [7, 11) is 2.16. The van der Waals surface area contributed by atoms with E-state index in [1.807, 2.05) is 18.5 Å². The van der Waals surface area contributed by atoms with Crippen molar-refractivity contribution in [3.63, 3.8) is 0 Å². The summed E-state index contributed by atoms with van der Waals surface area (Å²) in [5.41, 5.74) is 5.57. The molecular weight excluding hydrogens is 484 g/mol. The van der Waals surface area contributed by atoms with Crippen LogP contribution in [0.1, 0.15) is 75.0 Å². The Kier molecular flexibility index (Phi) is 11.4. The molecule has 2 fully saturated rings. The van der Waals surface area contributed by atoms with Crippen molar-refractivity contribution >= 4 is 6.29 Å². The first-order valence-corrected chi connectivity index (χ1v) is 15.1. The maximum atomic E-state index is 11.2. The van der Waals surface area contributed by atoms with E-state index in [2.05, 4.69) is 70.9 Å². The summed E-state index contributed by atoms with van der Waals surface area (Å²) in [5, 5.41) is 0. The first kappa shape index (κ1) is 29.3. The quantitative estimate of drug-likeness (QED) is 0.347. The molecule has 3 aliphatic rings. The lowest BCUT2D eigenvalue weighted by atomic mass is 9.94. The number of pyridine rings is 1. The molecular formula is C33H48N4O2. The normalized spacial score (nSPS) is 21.6. The molecule has 2 atom stereocenters. The van der Waals surface area contributed by atoms with Gasteiger partial charge in [-0.25, -0.2) is 0 Å². The molecule has 212 valence electrons. The first-order chi connectivity index (χ1) is 19.1. The van der Waals surface area contributed by atoms with Gasteiger partial charge in [0, 0.05) is 56.7 Å². The van der Waals surface area contributed by atoms with Crippen molar-refractivity contribution in [2.75, 3.05) is 46.4 Å². The highest BCUT2D eigenvalue weighted by Crippen LogP contribution is 2.36. The number of nitrogens with zero attached hydrogens (tertiary/aromatic N) is 4. The minimum absolute atomic E-state index is 0.466. The van der Waals surface area contributed by atoms with Crippen LogP contribution in [0.3, 0.4) is 0 Å². The van der Waals surface area contributed by atoms with Gasteiger partial charge in [-0.05, 0) is 80.4 Å². The van der Waals surface area contributed by atoms with Gasteiger partial charge in [-0.15, -0.1) is 0 Å². The summed E-state index contributed by atoms with van der Waals surface area (Å²) in [6, 6.07) is 11.3.